The summed E-state index contributed by atoms with van der Waals surface area (Å²) in [5.74, 6) is 0.933. The van der Waals surface area contributed by atoms with Crippen molar-refractivity contribution in [2.24, 2.45) is 0 Å². The zero-order valence-corrected chi connectivity index (χ0v) is 10.9. The maximum absolute atomic E-state index is 13.7. The molecule has 0 bridgehead atoms. The quantitative estimate of drug-likeness (QED) is 0.891. The number of nitrogens with one attached hydrogen (secondary N) is 1. The largest absolute Gasteiger partial charge is 0.298 e. The van der Waals surface area contributed by atoms with Crippen LogP contribution in [0.15, 0.2) is 22.7 Å². The van der Waals surface area contributed by atoms with Crippen molar-refractivity contribution < 1.29 is 4.39 Å². The Kier molecular flexibility index (Phi) is 3.69. The molecule has 1 heterocycles. The first-order chi connectivity index (χ1) is 7.20. The molecule has 1 aromatic rings. The first kappa shape index (κ1) is 11.4. The predicted octanol–water partition coefficient (Wildman–Crippen LogP) is 3.70. The molecule has 0 amide bonds. The third-order valence-electron chi connectivity index (χ3n) is 2.59. The van der Waals surface area contributed by atoms with E-state index in [9.17, 15) is 4.39 Å². The van der Waals surface area contributed by atoms with Crippen LogP contribution < -0.4 is 5.32 Å². The number of benzene rings is 1. The van der Waals surface area contributed by atoms with E-state index in [1.54, 1.807) is 11.8 Å². The predicted molar refractivity (Wildman–Crippen MR) is 66.5 cm³/mol. The van der Waals surface area contributed by atoms with Crippen LogP contribution in [0.2, 0.25) is 0 Å². The molecule has 2 rings (SSSR count). The maximum atomic E-state index is 13.7. The zero-order valence-electron chi connectivity index (χ0n) is 8.47. The Morgan fingerprint density at radius 1 is 1.60 bits per heavy atom. The summed E-state index contributed by atoms with van der Waals surface area (Å²) in [6.07, 6.45) is 1.10. The summed E-state index contributed by atoms with van der Waals surface area (Å²) in [7, 11) is 0. The molecular formula is C11H13BrFNS. The van der Waals surface area contributed by atoms with E-state index in [4.69, 9.17) is 0 Å². The summed E-state index contributed by atoms with van der Waals surface area (Å²) in [6.45, 7) is 2.15. The van der Waals surface area contributed by atoms with E-state index in [0.717, 1.165) is 22.2 Å². The molecule has 1 aromatic carbocycles. The fourth-order valence-corrected chi connectivity index (χ4v) is 3.40. The highest BCUT2D eigenvalue weighted by atomic mass is 79.9. The van der Waals surface area contributed by atoms with Crippen molar-refractivity contribution in [2.45, 2.75) is 24.8 Å². The standard InChI is InChI=1S/C11H13BrFNS/c1-2-8-6-15-11(14-8)9-4-3-7(12)5-10(9)13/h3-5,8,11,14H,2,6H2,1H3. The Bertz CT molecular complexity index is 358. The van der Waals surface area contributed by atoms with Crippen LogP contribution >= 0.6 is 27.7 Å². The Morgan fingerprint density at radius 3 is 3.00 bits per heavy atom. The molecule has 2 atom stereocenters. The molecule has 1 fully saturated rings. The molecule has 1 aliphatic heterocycles. The van der Waals surface area contributed by atoms with Crippen molar-refractivity contribution in [1.82, 2.24) is 5.32 Å². The minimum Gasteiger partial charge on any atom is -0.298 e. The fourth-order valence-electron chi connectivity index (χ4n) is 1.65. The van der Waals surface area contributed by atoms with Gasteiger partial charge in [-0.3, -0.25) is 5.32 Å². The third-order valence-corrected chi connectivity index (χ3v) is 4.40. The lowest BCUT2D eigenvalue weighted by molar-refractivity contribution is 0.538. The van der Waals surface area contributed by atoms with E-state index < -0.39 is 0 Å². The molecular weight excluding hydrogens is 277 g/mol. The van der Waals surface area contributed by atoms with Gasteiger partial charge in [-0.2, -0.15) is 0 Å². The number of rotatable bonds is 2. The van der Waals surface area contributed by atoms with E-state index in [-0.39, 0.29) is 11.2 Å². The average molecular weight is 290 g/mol. The van der Waals surface area contributed by atoms with Crippen LogP contribution in [0.5, 0.6) is 0 Å². The molecule has 4 heteroatoms. The Morgan fingerprint density at radius 2 is 2.40 bits per heavy atom. The second-order valence-electron chi connectivity index (χ2n) is 3.65. The topological polar surface area (TPSA) is 12.0 Å². The smallest absolute Gasteiger partial charge is 0.129 e. The zero-order chi connectivity index (χ0) is 10.8. The lowest BCUT2D eigenvalue weighted by Gasteiger charge is -2.13. The Labute approximate surface area is 102 Å². The first-order valence-corrected chi connectivity index (χ1v) is 6.87. The summed E-state index contributed by atoms with van der Waals surface area (Å²) >= 11 is 5.04. The molecule has 2 unspecified atom stereocenters. The SMILES string of the molecule is CCC1CSC(c2ccc(Br)cc2F)N1. The molecule has 1 aliphatic rings. The summed E-state index contributed by atoms with van der Waals surface area (Å²) in [5, 5.41) is 3.54. The van der Waals surface area contributed by atoms with Gasteiger partial charge in [-0.25, -0.2) is 4.39 Å². The van der Waals surface area contributed by atoms with Crippen molar-refractivity contribution in [3.05, 3.63) is 34.1 Å². The monoisotopic (exact) mass is 289 g/mol. The van der Waals surface area contributed by atoms with Gasteiger partial charge in [0, 0.05) is 21.8 Å². The minimum atomic E-state index is -0.133. The third kappa shape index (κ3) is 2.55. The molecule has 0 saturated carbocycles. The molecule has 0 radical (unpaired) electrons. The lowest BCUT2D eigenvalue weighted by Crippen LogP contribution is -2.25. The van der Waals surface area contributed by atoms with E-state index in [2.05, 4.69) is 28.2 Å². The van der Waals surface area contributed by atoms with Gasteiger partial charge in [-0.15, -0.1) is 11.8 Å². The van der Waals surface area contributed by atoms with Gasteiger partial charge in [-0.1, -0.05) is 28.9 Å². The number of hydrogen-bond acceptors (Lipinski definition) is 2. The van der Waals surface area contributed by atoms with Gasteiger partial charge in [-0.05, 0) is 18.6 Å². The van der Waals surface area contributed by atoms with Gasteiger partial charge in [0.25, 0.3) is 0 Å². The van der Waals surface area contributed by atoms with Crippen LogP contribution in [0.25, 0.3) is 0 Å². The summed E-state index contributed by atoms with van der Waals surface area (Å²) < 4.78 is 14.4. The molecule has 15 heavy (non-hydrogen) atoms. The highest BCUT2D eigenvalue weighted by molar-refractivity contribution is 9.10. The van der Waals surface area contributed by atoms with Crippen LogP contribution in [0.1, 0.15) is 24.3 Å². The van der Waals surface area contributed by atoms with Crippen LogP contribution in [0, 0.1) is 5.82 Å². The van der Waals surface area contributed by atoms with Crippen LogP contribution in [-0.2, 0) is 0 Å². The number of hydrogen-bond donors (Lipinski definition) is 1. The molecule has 82 valence electrons. The molecule has 0 spiro atoms. The molecule has 0 aromatic heterocycles. The molecule has 1 nitrogen and oxygen atoms in total. The van der Waals surface area contributed by atoms with Crippen molar-refractivity contribution in [2.75, 3.05) is 5.75 Å². The summed E-state index contributed by atoms with van der Waals surface area (Å²) in [4.78, 5) is 0. The van der Waals surface area contributed by atoms with Crippen molar-refractivity contribution in [3.8, 4) is 0 Å². The highest BCUT2D eigenvalue weighted by Gasteiger charge is 2.26. The van der Waals surface area contributed by atoms with Crippen LogP contribution in [0.4, 0.5) is 4.39 Å². The van der Waals surface area contributed by atoms with Gasteiger partial charge in [0.15, 0.2) is 0 Å². The minimum absolute atomic E-state index is 0.114. The second kappa shape index (κ2) is 4.85. The van der Waals surface area contributed by atoms with Gasteiger partial charge >= 0.3 is 0 Å². The summed E-state index contributed by atoms with van der Waals surface area (Å²) in [5.41, 5.74) is 0.763. The van der Waals surface area contributed by atoms with E-state index in [1.165, 1.54) is 6.07 Å². The fraction of sp³-hybridized carbons (Fsp3) is 0.455. The van der Waals surface area contributed by atoms with E-state index in [0.29, 0.717) is 6.04 Å². The molecule has 0 aliphatic carbocycles. The van der Waals surface area contributed by atoms with Crippen LogP contribution in [-0.4, -0.2) is 11.8 Å². The normalized spacial score (nSPS) is 25.8. The van der Waals surface area contributed by atoms with Crippen molar-refractivity contribution in [1.29, 1.82) is 0 Å². The van der Waals surface area contributed by atoms with E-state index in [1.807, 2.05) is 12.1 Å². The average Bonchev–Trinajstić information content (AvgIpc) is 2.66. The molecule has 1 saturated heterocycles. The Balaban J connectivity index is 2.17. The number of thioether (sulfide) groups is 1. The lowest BCUT2D eigenvalue weighted by atomic mass is 10.2. The van der Waals surface area contributed by atoms with Crippen molar-refractivity contribution in [3.63, 3.8) is 0 Å². The molecule has 1 N–H and O–H groups in total. The van der Waals surface area contributed by atoms with E-state index >= 15 is 0 Å². The number of halogens is 2. The van der Waals surface area contributed by atoms with Crippen LogP contribution in [0.3, 0.4) is 0 Å². The highest BCUT2D eigenvalue weighted by Crippen LogP contribution is 2.35. The second-order valence-corrected chi connectivity index (χ2v) is 5.70. The van der Waals surface area contributed by atoms with Gasteiger partial charge < -0.3 is 0 Å². The first-order valence-electron chi connectivity index (χ1n) is 5.03. The summed E-state index contributed by atoms with van der Waals surface area (Å²) in [6, 6.07) is 5.78. The van der Waals surface area contributed by atoms with Crippen molar-refractivity contribution >= 4 is 27.7 Å². The Hall–Kier alpha value is -0.0600. The van der Waals surface area contributed by atoms with Gasteiger partial charge in [0.2, 0.25) is 0 Å². The van der Waals surface area contributed by atoms with Gasteiger partial charge in [0.1, 0.15) is 5.82 Å². The van der Waals surface area contributed by atoms with Gasteiger partial charge in [0.05, 0.1) is 5.37 Å². The maximum Gasteiger partial charge on any atom is 0.129 e.